The summed E-state index contributed by atoms with van der Waals surface area (Å²) in [7, 11) is -3.66. The molecule has 1 N–H and O–H groups in total. The Morgan fingerprint density at radius 1 is 1.11 bits per heavy atom. The van der Waals surface area contributed by atoms with Gasteiger partial charge in [-0.3, -0.25) is 14.2 Å². The van der Waals surface area contributed by atoms with Crippen LogP contribution in [-0.2, 0) is 19.6 Å². The van der Waals surface area contributed by atoms with Gasteiger partial charge < -0.3 is 10.1 Å². The van der Waals surface area contributed by atoms with Crippen LogP contribution in [0.5, 0.6) is 0 Å². The lowest BCUT2D eigenvalue weighted by atomic mass is 10.1. The number of carbonyl (C=O) groups is 2. The number of aromatic nitrogens is 3. The lowest BCUT2D eigenvalue weighted by Crippen LogP contribution is -2.40. The standard InChI is InChI=1S/C26H31N5O5S2/c1-4-18(2)31-25(21-6-5-7-23(16-21)38(34,35)30-12-14-36-15-13-30)28-29-26(31)37-17-24(33)27-22-10-8-20(9-11-22)19(3)32/h5-11,16,18H,4,12-15,17H2,1-3H3,(H,27,33). The second kappa shape index (κ2) is 12.2. The van der Waals surface area contributed by atoms with Crippen molar-refractivity contribution >= 4 is 39.2 Å². The molecule has 0 saturated carbocycles. The summed E-state index contributed by atoms with van der Waals surface area (Å²) < 4.78 is 35.1. The minimum Gasteiger partial charge on any atom is -0.379 e. The maximum Gasteiger partial charge on any atom is 0.243 e. The van der Waals surface area contributed by atoms with Crippen molar-refractivity contribution in [1.29, 1.82) is 0 Å². The lowest BCUT2D eigenvalue weighted by Gasteiger charge is -2.26. The Morgan fingerprint density at radius 3 is 2.47 bits per heavy atom. The number of benzene rings is 2. The summed E-state index contributed by atoms with van der Waals surface area (Å²) in [6.07, 6.45) is 0.791. The first-order valence-corrected chi connectivity index (χ1v) is 14.8. The Labute approximate surface area is 226 Å². The van der Waals surface area contributed by atoms with E-state index < -0.39 is 10.0 Å². The van der Waals surface area contributed by atoms with Crippen molar-refractivity contribution in [2.24, 2.45) is 0 Å². The molecule has 1 aromatic heterocycles. The molecule has 1 aliphatic heterocycles. The fraction of sp³-hybridized carbons (Fsp3) is 0.385. The van der Waals surface area contributed by atoms with Crippen molar-refractivity contribution in [2.75, 3.05) is 37.4 Å². The van der Waals surface area contributed by atoms with Crippen LogP contribution in [0.15, 0.2) is 58.6 Å². The molecule has 12 heteroatoms. The summed E-state index contributed by atoms with van der Waals surface area (Å²) in [5, 5.41) is 12.1. The van der Waals surface area contributed by atoms with E-state index in [1.54, 1.807) is 42.5 Å². The molecular formula is C26H31N5O5S2. The zero-order valence-electron chi connectivity index (χ0n) is 21.6. The van der Waals surface area contributed by atoms with Gasteiger partial charge in [-0.1, -0.05) is 30.8 Å². The Kier molecular flexibility index (Phi) is 8.98. The summed E-state index contributed by atoms with van der Waals surface area (Å²) in [6.45, 7) is 6.95. The first-order chi connectivity index (χ1) is 18.2. The molecule has 3 aromatic rings. The molecule has 0 spiro atoms. The fourth-order valence-corrected chi connectivity index (χ4v) is 6.29. The predicted molar refractivity (Wildman–Crippen MR) is 146 cm³/mol. The van der Waals surface area contributed by atoms with Gasteiger partial charge in [-0.05, 0) is 56.7 Å². The van der Waals surface area contributed by atoms with Gasteiger partial charge in [-0.15, -0.1) is 10.2 Å². The number of hydrogen-bond acceptors (Lipinski definition) is 8. The van der Waals surface area contributed by atoms with Crippen molar-refractivity contribution in [1.82, 2.24) is 19.1 Å². The van der Waals surface area contributed by atoms with Gasteiger partial charge in [-0.2, -0.15) is 4.31 Å². The third kappa shape index (κ3) is 6.32. The van der Waals surface area contributed by atoms with Crippen LogP contribution in [-0.4, -0.2) is 71.2 Å². The predicted octanol–water partition coefficient (Wildman–Crippen LogP) is 3.87. The third-order valence-corrected chi connectivity index (χ3v) is 9.14. The van der Waals surface area contributed by atoms with Gasteiger partial charge in [0.2, 0.25) is 15.9 Å². The Morgan fingerprint density at radius 2 is 1.82 bits per heavy atom. The van der Waals surface area contributed by atoms with Crippen LogP contribution in [0.1, 0.15) is 43.6 Å². The molecule has 1 amide bonds. The minimum absolute atomic E-state index is 0.0178. The second-order valence-corrected chi connectivity index (χ2v) is 11.8. The van der Waals surface area contributed by atoms with E-state index in [0.29, 0.717) is 54.1 Å². The molecule has 1 fully saturated rings. The van der Waals surface area contributed by atoms with E-state index in [-0.39, 0.29) is 28.4 Å². The Bertz CT molecular complexity index is 1400. The number of hydrogen-bond donors (Lipinski definition) is 1. The normalized spacial score (nSPS) is 15.2. The zero-order chi connectivity index (χ0) is 27.3. The van der Waals surface area contributed by atoms with Crippen LogP contribution in [0.25, 0.3) is 11.4 Å². The molecule has 202 valence electrons. The van der Waals surface area contributed by atoms with Crippen LogP contribution in [0.3, 0.4) is 0 Å². The van der Waals surface area contributed by atoms with Crippen LogP contribution in [0, 0.1) is 0 Å². The average Bonchev–Trinajstić information content (AvgIpc) is 3.36. The molecule has 38 heavy (non-hydrogen) atoms. The van der Waals surface area contributed by atoms with E-state index in [1.807, 2.05) is 24.5 Å². The van der Waals surface area contributed by atoms with Crippen molar-refractivity contribution in [3.8, 4) is 11.4 Å². The number of carbonyl (C=O) groups excluding carboxylic acids is 2. The van der Waals surface area contributed by atoms with Crippen LogP contribution < -0.4 is 5.32 Å². The number of anilines is 1. The van der Waals surface area contributed by atoms with Crippen molar-refractivity contribution < 1.29 is 22.7 Å². The Hall–Kier alpha value is -3.06. The molecule has 10 nitrogen and oxygen atoms in total. The van der Waals surface area contributed by atoms with Crippen LogP contribution in [0.2, 0.25) is 0 Å². The Balaban J connectivity index is 1.53. The maximum absolute atomic E-state index is 13.2. The van der Waals surface area contributed by atoms with E-state index in [9.17, 15) is 18.0 Å². The number of morpholine rings is 1. The molecule has 0 aliphatic carbocycles. The van der Waals surface area contributed by atoms with E-state index in [0.717, 1.165) is 6.42 Å². The van der Waals surface area contributed by atoms with Gasteiger partial charge in [0.15, 0.2) is 16.8 Å². The van der Waals surface area contributed by atoms with E-state index >= 15 is 0 Å². The van der Waals surface area contributed by atoms with Crippen molar-refractivity contribution in [3.05, 3.63) is 54.1 Å². The molecular weight excluding hydrogens is 526 g/mol. The van der Waals surface area contributed by atoms with Crippen molar-refractivity contribution in [3.63, 3.8) is 0 Å². The number of amides is 1. The number of rotatable bonds is 10. The van der Waals surface area contributed by atoms with E-state index in [4.69, 9.17) is 4.74 Å². The van der Waals surface area contributed by atoms with Gasteiger partial charge in [0.05, 0.1) is 23.9 Å². The number of nitrogens with one attached hydrogen (secondary N) is 1. The summed E-state index contributed by atoms with van der Waals surface area (Å²) >= 11 is 1.26. The monoisotopic (exact) mass is 557 g/mol. The maximum atomic E-state index is 13.2. The molecule has 2 aromatic carbocycles. The lowest BCUT2D eigenvalue weighted by molar-refractivity contribution is -0.113. The molecule has 1 saturated heterocycles. The van der Waals surface area contributed by atoms with Gasteiger partial charge in [-0.25, -0.2) is 8.42 Å². The molecule has 0 bridgehead atoms. The molecule has 4 rings (SSSR count). The highest BCUT2D eigenvalue weighted by Gasteiger charge is 2.27. The number of nitrogens with zero attached hydrogens (tertiary/aromatic N) is 4. The topological polar surface area (TPSA) is 123 Å². The SMILES string of the molecule is CCC(C)n1c(SCC(=O)Nc2ccc(C(C)=O)cc2)nnc1-c1cccc(S(=O)(=O)N2CCOCC2)c1. The van der Waals surface area contributed by atoms with Gasteiger partial charge in [0, 0.05) is 35.9 Å². The highest BCUT2D eigenvalue weighted by atomic mass is 32.2. The first kappa shape index (κ1) is 28.0. The summed E-state index contributed by atoms with van der Waals surface area (Å²) in [5.74, 6) is 0.391. The minimum atomic E-state index is -3.66. The number of ether oxygens (including phenoxy) is 1. The van der Waals surface area contributed by atoms with E-state index in [1.165, 1.54) is 23.0 Å². The van der Waals surface area contributed by atoms with Gasteiger partial charge in [0.25, 0.3) is 0 Å². The highest BCUT2D eigenvalue weighted by molar-refractivity contribution is 7.99. The molecule has 2 heterocycles. The highest BCUT2D eigenvalue weighted by Crippen LogP contribution is 2.31. The van der Waals surface area contributed by atoms with Gasteiger partial charge >= 0.3 is 0 Å². The zero-order valence-corrected chi connectivity index (χ0v) is 23.2. The van der Waals surface area contributed by atoms with E-state index in [2.05, 4.69) is 15.5 Å². The fourth-order valence-electron chi connectivity index (χ4n) is 4.00. The smallest absolute Gasteiger partial charge is 0.243 e. The summed E-state index contributed by atoms with van der Waals surface area (Å²) in [4.78, 5) is 24.2. The van der Waals surface area contributed by atoms with Crippen molar-refractivity contribution in [2.45, 2.75) is 43.3 Å². The molecule has 1 atom stereocenters. The number of ketones is 1. The summed E-state index contributed by atoms with van der Waals surface area (Å²) in [5.41, 5.74) is 1.81. The van der Waals surface area contributed by atoms with Crippen LogP contribution in [0.4, 0.5) is 5.69 Å². The van der Waals surface area contributed by atoms with Crippen LogP contribution >= 0.6 is 11.8 Å². The average molecular weight is 558 g/mol. The van der Waals surface area contributed by atoms with Gasteiger partial charge in [0.1, 0.15) is 0 Å². The quantitative estimate of drug-likeness (QED) is 0.294. The molecule has 1 aliphatic rings. The number of Topliss-reactive ketones (excluding diaryl/α,β-unsaturated/α-hetero) is 1. The number of sulfonamides is 1. The summed E-state index contributed by atoms with van der Waals surface area (Å²) in [6, 6.07) is 13.5. The number of thioether (sulfide) groups is 1. The molecule has 1 unspecified atom stereocenters. The first-order valence-electron chi connectivity index (χ1n) is 12.4. The molecule has 0 radical (unpaired) electrons. The second-order valence-electron chi connectivity index (χ2n) is 8.95. The largest absolute Gasteiger partial charge is 0.379 e. The third-order valence-electron chi connectivity index (χ3n) is 6.30.